The number of rotatable bonds is 5. The molecule has 0 atom stereocenters. The Bertz CT molecular complexity index is 728. The number of hydrogen-bond acceptors (Lipinski definition) is 2. The maximum absolute atomic E-state index is 13.0. The number of primary amides is 1. The van der Waals surface area contributed by atoms with Gasteiger partial charge in [0.15, 0.2) is 5.96 Å². The zero-order valence-corrected chi connectivity index (χ0v) is 13.8. The molecule has 126 valence electrons. The van der Waals surface area contributed by atoms with Crippen LogP contribution in [0, 0.1) is 5.82 Å². The molecule has 0 heterocycles. The number of carbonyl (C=O) groups is 1. The van der Waals surface area contributed by atoms with Gasteiger partial charge in [-0.15, -0.1) is 0 Å². The summed E-state index contributed by atoms with van der Waals surface area (Å²) in [6.45, 7) is 1.11. The highest BCUT2D eigenvalue weighted by Crippen LogP contribution is 2.07. The van der Waals surface area contributed by atoms with Crippen LogP contribution < -0.4 is 11.1 Å². The highest BCUT2D eigenvalue weighted by molar-refractivity contribution is 5.92. The molecule has 3 N–H and O–H groups in total. The summed E-state index contributed by atoms with van der Waals surface area (Å²) in [5.41, 5.74) is 7.68. The van der Waals surface area contributed by atoms with Gasteiger partial charge in [-0.25, -0.2) is 4.39 Å². The second kappa shape index (κ2) is 8.10. The van der Waals surface area contributed by atoms with Gasteiger partial charge in [-0.1, -0.05) is 24.3 Å². The Morgan fingerprint density at radius 1 is 1.21 bits per heavy atom. The Morgan fingerprint density at radius 2 is 1.92 bits per heavy atom. The largest absolute Gasteiger partial charge is 0.366 e. The molecule has 0 aromatic heterocycles. The summed E-state index contributed by atoms with van der Waals surface area (Å²) in [7, 11) is 3.60. The van der Waals surface area contributed by atoms with E-state index in [1.807, 2.05) is 18.0 Å². The van der Waals surface area contributed by atoms with Gasteiger partial charge in [-0.3, -0.25) is 9.79 Å². The molecule has 0 bridgehead atoms. The third-order valence-corrected chi connectivity index (χ3v) is 3.57. The van der Waals surface area contributed by atoms with Gasteiger partial charge in [0, 0.05) is 32.7 Å². The molecule has 0 spiro atoms. The van der Waals surface area contributed by atoms with Gasteiger partial charge in [-0.2, -0.15) is 0 Å². The van der Waals surface area contributed by atoms with Crippen molar-refractivity contribution in [3.05, 3.63) is 71.0 Å². The topological polar surface area (TPSA) is 70.7 Å². The third-order valence-electron chi connectivity index (χ3n) is 3.57. The minimum Gasteiger partial charge on any atom is -0.366 e. The molecule has 24 heavy (non-hydrogen) atoms. The quantitative estimate of drug-likeness (QED) is 0.652. The molecule has 0 aliphatic heterocycles. The first-order chi connectivity index (χ1) is 11.5. The van der Waals surface area contributed by atoms with Crippen LogP contribution in [0.3, 0.4) is 0 Å². The van der Waals surface area contributed by atoms with Gasteiger partial charge in [0.2, 0.25) is 5.91 Å². The molecule has 2 aromatic rings. The average molecular weight is 328 g/mol. The predicted molar refractivity (Wildman–Crippen MR) is 93.0 cm³/mol. The van der Waals surface area contributed by atoms with E-state index in [4.69, 9.17) is 5.73 Å². The zero-order chi connectivity index (χ0) is 17.5. The molecule has 0 aliphatic rings. The minimum atomic E-state index is -0.449. The standard InChI is InChI=1S/C18H21FN4O/c1-21-18(23(2)12-13-6-8-16(19)9-7-13)22-11-14-4-3-5-15(10-14)17(20)24/h3-10H,11-12H2,1-2H3,(H2,20,24)(H,21,22). The van der Waals surface area contributed by atoms with Crippen LogP contribution in [0.2, 0.25) is 0 Å². The number of nitrogens with two attached hydrogens (primary N) is 1. The number of halogens is 1. The summed E-state index contributed by atoms with van der Waals surface area (Å²) in [6.07, 6.45) is 0. The number of benzene rings is 2. The first-order valence-electron chi connectivity index (χ1n) is 7.54. The molecule has 0 fully saturated rings. The van der Waals surface area contributed by atoms with Crippen molar-refractivity contribution >= 4 is 11.9 Å². The highest BCUT2D eigenvalue weighted by atomic mass is 19.1. The van der Waals surface area contributed by atoms with E-state index >= 15 is 0 Å². The van der Waals surface area contributed by atoms with Gasteiger partial charge in [0.25, 0.3) is 0 Å². The van der Waals surface area contributed by atoms with Crippen LogP contribution in [0.5, 0.6) is 0 Å². The molecule has 6 heteroatoms. The van der Waals surface area contributed by atoms with Crippen molar-refractivity contribution in [2.24, 2.45) is 10.7 Å². The Kier molecular flexibility index (Phi) is 5.89. The van der Waals surface area contributed by atoms with Crippen LogP contribution in [0.4, 0.5) is 4.39 Å². The smallest absolute Gasteiger partial charge is 0.248 e. The Labute approximate surface area is 141 Å². The van der Waals surface area contributed by atoms with Crippen LogP contribution in [0.1, 0.15) is 21.5 Å². The first kappa shape index (κ1) is 17.5. The molecular weight excluding hydrogens is 307 g/mol. The lowest BCUT2D eigenvalue weighted by atomic mass is 10.1. The van der Waals surface area contributed by atoms with Crippen molar-refractivity contribution in [2.45, 2.75) is 13.1 Å². The van der Waals surface area contributed by atoms with E-state index in [0.29, 0.717) is 24.6 Å². The van der Waals surface area contributed by atoms with Crippen LogP contribution in [0.15, 0.2) is 53.5 Å². The predicted octanol–water partition coefficient (Wildman–Crippen LogP) is 2.13. The molecule has 0 unspecified atom stereocenters. The van der Waals surface area contributed by atoms with Crippen molar-refractivity contribution in [3.63, 3.8) is 0 Å². The van der Waals surface area contributed by atoms with E-state index in [1.165, 1.54) is 12.1 Å². The summed E-state index contributed by atoms with van der Waals surface area (Å²) in [5.74, 6) is -0.00305. The molecule has 5 nitrogen and oxygen atoms in total. The molecule has 0 saturated heterocycles. The Morgan fingerprint density at radius 3 is 2.54 bits per heavy atom. The van der Waals surface area contributed by atoms with Gasteiger partial charge in [0.1, 0.15) is 5.82 Å². The number of nitrogens with one attached hydrogen (secondary N) is 1. The average Bonchev–Trinajstić information content (AvgIpc) is 2.57. The second-order valence-electron chi connectivity index (χ2n) is 5.45. The fraction of sp³-hybridized carbons (Fsp3) is 0.222. The fourth-order valence-electron chi connectivity index (χ4n) is 2.34. The summed E-state index contributed by atoms with van der Waals surface area (Å²) in [4.78, 5) is 17.4. The number of hydrogen-bond donors (Lipinski definition) is 2. The molecule has 1 amide bonds. The van der Waals surface area contributed by atoms with Crippen molar-refractivity contribution in [2.75, 3.05) is 14.1 Å². The first-order valence-corrected chi connectivity index (χ1v) is 7.54. The summed E-state index contributed by atoms with van der Waals surface area (Å²) in [6, 6.07) is 13.5. The Hall–Kier alpha value is -2.89. The number of guanidine groups is 1. The normalized spacial score (nSPS) is 11.2. The fourth-order valence-corrected chi connectivity index (χ4v) is 2.34. The van der Waals surface area contributed by atoms with Crippen molar-refractivity contribution in [1.29, 1.82) is 0 Å². The van der Waals surface area contributed by atoms with Crippen LogP contribution >= 0.6 is 0 Å². The number of carbonyl (C=O) groups excluding carboxylic acids is 1. The van der Waals surface area contributed by atoms with Crippen LogP contribution in [-0.2, 0) is 13.1 Å². The van der Waals surface area contributed by atoms with E-state index in [0.717, 1.165) is 11.1 Å². The van der Waals surface area contributed by atoms with E-state index in [-0.39, 0.29) is 5.82 Å². The lowest BCUT2D eigenvalue weighted by Crippen LogP contribution is -2.38. The molecular formula is C18H21FN4O. The third kappa shape index (κ3) is 4.81. The summed E-state index contributed by atoms with van der Waals surface area (Å²) >= 11 is 0. The number of aliphatic imine (C=N–C) groups is 1. The molecule has 2 aromatic carbocycles. The van der Waals surface area contributed by atoms with Gasteiger partial charge < -0.3 is 16.0 Å². The summed E-state index contributed by atoms with van der Waals surface area (Å²) in [5, 5.41) is 3.23. The molecule has 0 aliphatic carbocycles. The minimum absolute atomic E-state index is 0.252. The van der Waals surface area contributed by atoms with Crippen molar-refractivity contribution < 1.29 is 9.18 Å². The Balaban J connectivity index is 1.97. The molecule has 0 saturated carbocycles. The zero-order valence-electron chi connectivity index (χ0n) is 13.8. The van der Waals surface area contributed by atoms with Gasteiger partial charge in [-0.05, 0) is 35.4 Å². The SMILES string of the molecule is CN=C(NCc1cccc(C(N)=O)c1)N(C)Cc1ccc(F)cc1. The summed E-state index contributed by atoms with van der Waals surface area (Å²) < 4.78 is 13.0. The maximum Gasteiger partial charge on any atom is 0.248 e. The van der Waals surface area contributed by atoms with Crippen molar-refractivity contribution in [1.82, 2.24) is 10.2 Å². The van der Waals surface area contributed by atoms with E-state index in [9.17, 15) is 9.18 Å². The van der Waals surface area contributed by atoms with E-state index in [1.54, 1.807) is 37.4 Å². The molecule has 0 radical (unpaired) electrons. The van der Waals surface area contributed by atoms with E-state index < -0.39 is 5.91 Å². The van der Waals surface area contributed by atoms with Crippen LogP contribution in [0.25, 0.3) is 0 Å². The highest BCUT2D eigenvalue weighted by Gasteiger charge is 2.07. The van der Waals surface area contributed by atoms with Gasteiger partial charge >= 0.3 is 0 Å². The van der Waals surface area contributed by atoms with Crippen LogP contribution in [-0.4, -0.2) is 30.9 Å². The molecule has 2 rings (SSSR count). The number of nitrogens with zero attached hydrogens (tertiary/aromatic N) is 2. The number of amides is 1. The van der Waals surface area contributed by atoms with E-state index in [2.05, 4.69) is 10.3 Å². The lowest BCUT2D eigenvalue weighted by Gasteiger charge is -2.22. The second-order valence-corrected chi connectivity index (χ2v) is 5.45. The monoisotopic (exact) mass is 328 g/mol. The van der Waals surface area contributed by atoms with Crippen molar-refractivity contribution in [3.8, 4) is 0 Å². The maximum atomic E-state index is 13.0. The van der Waals surface area contributed by atoms with Gasteiger partial charge in [0.05, 0.1) is 0 Å². The lowest BCUT2D eigenvalue weighted by molar-refractivity contribution is 0.1000.